The highest BCUT2D eigenvalue weighted by Gasteiger charge is 2.41. The van der Waals surface area contributed by atoms with E-state index in [0.29, 0.717) is 5.82 Å². The zero-order valence-electron chi connectivity index (χ0n) is 36.1. The van der Waals surface area contributed by atoms with Gasteiger partial charge in [0, 0.05) is 43.9 Å². The maximum Gasteiger partial charge on any atom is 0.160 e. The molecule has 65 heavy (non-hydrogen) atoms. The molecule has 5 heteroatoms. The number of benzene rings is 9. The lowest BCUT2D eigenvalue weighted by Crippen LogP contribution is -2.50. The summed E-state index contributed by atoms with van der Waals surface area (Å²) in [7, 11) is -2.07. The Labute approximate surface area is 379 Å². The summed E-state index contributed by atoms with van der Waals surface area (Å²) in [4.78, 5) is 21.3. The molecule has 0 N–H and O–H groups in total. The van der Waals surface area contributed by atoms with Gasteiger partial charge in [0.1, 0.15) is 8.07 Å². The van der Waals surface area contributed by atoms with Crippen molar-refractivity contribution in [2.45, 2.75) is 13.1 Å². The van der Waals surface area contributed by atoms with E-state index in [4.69, 9.17) is 19.9 Å². The van der Waals surface area contributed by atoms with Crippen molar-refractivity contribution >= 4 is 40.3 Å². The summed E-state index contributed by atoms with van der Waals surface area (Å²) in [5, 5.41) is 5.95. The number of nitrogens with zero attached hydrogens (tertiary/aromatic N) is 4. The van der Waals surface area contributed by atoms with Gasteiger partial charge in [0.05, 0.1) is 16.9 Å². The minimum absolute atomic E-state index is 0.707. The monoisotopic (exact) mass is 846 g/mol. The van der Waals surface area contributed by atoms with Crippen molar-refractivity contribution < 1.29 is 0 Å². The molecule has 0 saturated heterocycles. The van der Waals surface area contributed by atoms with E-state index in [0.717, 1.165) is 94.5 Å². The van der Waals surface area contributed by atoms with E-state index in [1.54, 1.807) is 0 Å². The molecule has 0 radical (unpaired) electrons. The SMILES string of the molecule is C[Si]1(C)c2ccccc2-c2c(-c3ccccc3)nc(-c3cccc(-c4cccc(-c5cccc(-c6cccc(-c7nc(-c8ccccc8)c8ccc9ccccc9c8n7)c6)c5)c4)c3)nc21. The summed E-state index contributed by atoms with van der Waals surface area (Å²) in [5.41, 5.74) is 16.3. The van der Waals surface area contributed by atoms with Crippen LogP contribution in [0.2, 0.25) is 13.1 Å². The number of hydrogen-bond donors (Lipinski definition) is 0. The van der Waals surface area contributed by atoms with Gasteiger partial charge >= 0.3 is 0 Å². The van der Waals surface area contributed by atoms with Gasteiger partial charge in [-0.05, 0) is 79.8 Å². The summed E-state index contributed by atoms with van der Waals surface area (Å²) >= 11 is 0. The van der Waals surface area contributed by atoms with Gasteiger partial charge in [-0.25, -0.2) is 19.9 Å². The van der Waals surface area contributed by atoms with Crippen LogP contribution in [0.5, 0.6) is 0 Å². The second kappa shape index (κ2) is 15.6. The normalized spacial score (nSPS) is 12.6. The van der Waals surface area contributed by atoms with E-state index < -0.39 is 8.07 Å². The first-order valence-electron chi connectivity index (χ1n) is 22.2. The highest BCUT2D eigenvalue weighted by atomic mass is 28.3. The Morgan fingerprint density at radius 2 is 0.769 bits per heavy atom. The van der Waals surface area contributed by atoms with Crippen molar-refractivity contribution in [2.75, 3.05) is 0 Å². The van der Waals surface area contributed by atoms with E-state index >= 15 is 0 Å². The van der Waals surface area contributed by atoms with E-state index in [1.165, 1.54) is 21.6 Å². The van der Waals surface area contributed by atoms with E-state index in [1.807, 2.05) is 6.07 Å². The summed E-state index contributed by atoms with van der Waals surface area (Å²) < 4.78 is 0. The van der Waals surface area contributed by atoms with Crippen molar-refractivity contribution in [1.29, 1.82) is 0 Å². The van der Waals surface area contributed by atoms with Gasteiger partial charge in [0.2, 0.25) is 0 Å². The fourth-order valence-corrected chi connectivity index (χ4v) is 12.6. The molecule has 0 aliphatic carbocycles. The number of hydrogen-bond acceptors (Lipinski definition) is 4. The third-order valence-corrected chi connectivity index (χ3v) is 16.4. The molecule has 12 rings (SSSR count). The van der Waals surface area contributed by atoms with Crippen LogP contribution >= 0.6 is 0 Å². The predicted octanol–water partition coefficient (Wildman–Crippen LogP) is 14.0. The maximum absolute atomic E-state index is 5.43. The second-order valence-corrected chi connectivity index (χ2v) is 21.7. The van der Waals surface area contributed by atoms with Crippen LogP contribution < -0.4 is 10.5 Å². The van der Waals surface area contributed by atoms with E-state index in [9.17, 15) is 0 Å². The van der Waals surface area contributed by atoms with E-state index in [-0.39, 0.29) is 0 Å². The average Bonchev–Trinajstić information content (AvgIpc) is 3.61. The van der Waals surface area contributed by atoms with Crippen molar-refractivity contribution in [3.05, 3.63) is 218 Å². The third-order valence-electron chi connectivity index (χ3n) is 13.0. The molecule has 0 fully saturated rings. The first-order valence-corrected chi connectivity index (χ1v) is 25.2. The van der Waals surface area contributed by atoms with E-state index in [2.05, 4.69) is 225 Å². The molecule has 0 spiro atoms. The standard InChI is InChI=1S/C60H42N4Si/c1-65(2)53-32-12-11-31-51(53)54-56(41-20-7-4-8-21-41)62-59(64-60(54)65)49-29-16-27-47(38-49)45-25-14-23-43(36-45)42-22-13-24-44(35-42)46-26-15-28-48(37-46)58-61-55(40-18-5-3-6-19-40)52-34-33-39-17-9-10-30-50(39)57(52)63-58/h3-38H,1-2H3. The van der Waals surface area contributed by atoms with Gasteiger partial charge in [-0.2, -0.15) is 0 Å². The van der Waals surface area contributed by atoms with Crippen molar-refractivity contribution in [3.63, 3.8) is 0 Å². The molecule has 9 aromatic carbocycles. The third kappa shape index (κ3) is 6.76. The van der Waals surface area contributed by atoms with Gasteiger partial charge in [-0.1, -0.05) is 201 Å². The number of fused-ring (bicyclic) bond motifs is 6. The Hall–Kier alpha value is -8.12. The van der Waals surface area contributed by atoms with Gasteiger partial charge in [-0.3, -0.25) is 0 Å². The molecule has 306 valence electrons. The molecule has 1 aliphatic heterocycles. The summed E-state index contributed by atoms with van der Waals surface area (Å²) in [5.74, 6) is 1.47. The van der Waals surface area contributed by atoms with Gasteiger partial charge in [-0.15, -0.1) is 0 Å². The Morgan fingerprint density at radius 1 is 0.323 bits per heavy atom. The van der Waals surface area contributed by atoms with Crippen molar-refractivity contribution in [3.8, 4) is 89.8 Å². The molecular weight excluding hydrogens is 805 g/mol. The molecule has 0 unspecified atom stereocenters. The zero-order chi connectivity index (χ0) is 43.5. The Morgan fingerprint density at radius 3 is 1.37 bits per heavy atom. The van der Waals surface area contributed by atoms with Gasteiger partial charge in [0.15, 0.2) is 11.6 Å². The van der Waals surface area contributed by atoms with Crippen LogP contribution in [0.15, 0.2) is 218 Å². The Kier molecular flexibility index (Phi) is 9.25. The molecule has 3 heterocycles. The molecule has 1 aliphatic rings. The molecule has 0 bridgehead atoms. The van der Waals surface area contributed by atoms with Crippen molar-refractivity contribution in [1.82, 2.24) is 19.9 Å². The topological polar surface area (TPSA) is 51.6 Å². The van der Waals surface area contributed by atoms with Crippen LogP contribution in [0.3, 0.4) is 0 Å². The fourth-order valence-electron chi connectivity index (χ4n) is 9.72. The second-order valence-electron chi connectivity index (χ2n) is 17.4. The van der Waals surface area contributed by atoms with Crippen LogP contribution in [0.25, 0.3) is 111 Å². The lowest BCUT2D eigenvalue weighted by Gasteiger charge is -2.19. The number of rotatable bonds is 7. The molecule has 0 saturated carbocycles. The van der Waals surface area contributed by atoms with Crippen molar-refractivity contribution in [2.24, 2.45) is 0 Å². The maximum atomic E-state index is 5.43. The smallest absolute Gasteiger partial charge is 0.160 e. The fraction of sp³-hybridized carbons (Fsp3) is 0.0333. The zero-order valence-corrected chi connectivity index (χ0v) is 37.1. The lowest BCUT2D eigenvalue weighted by molar-refractivity contribution is 1.21. The van der Waals surface area contributed by atoms with Crippen LogP contribution in [0.1, 0.15) is 0 Å². The quantitative estimate of drug-likeness (QED) is 0.118. The largest absolute Gasteiger partial charge is 0.237 e. The predicted molar refractivity (Wildman–Crippen MR) is 273 cm³/mol. The van der Waals surface area contributed by atoms with Crippen LogP contribution in [-0.2, 0) is 0 Å². The first-order chi connectivity index (χ1) is 32.0. The highest BCUT2D eigenvalue weighted by Crippen LogP contribution is 2.38. The Bertz CT molecular complexity index is 3640. The van der Waals surface area contributed by atoms with Gasteiger partial charge < -0.3 is 0 Å². The molecule has 0 atom stereocenters. The van der Waals surface area contributed by atoms with Crippen LogP contribution in [-0.4, -0.2) is 28.0 Å². The molecular formula is C60H42N4Si. The lowest BCUT2D eigenvalue weighted by atomic mass is 9.95. The average molecular weight is 847 g/mol. The molecule has 11 aromatic rings. The summed E-state index contributed by atoms with van der Waals surface area (Å²) in [6.45, 7) is 4.83. The highest BCUT2D eigenvalue weighted by molar-refractivity contribution is 7.03. The van der Waals surface area contributed by atoms with Crippen LogP contribution in [0, 0.1) is 0 Å². The first kappa shape index (κ1) is 38.5. The number of aromatic nitrogens is 4. The minimum Gasteiger partial charge on any atom is -0.237 e. The summed E-state index contributed by atoms with van der Waals surface area (Å²) in [6, 6.07) is 77.6. The molecule has 4 nitrogen and oxygen atoms in total. The Balaban J connectivity index is 0.897. The summed E-state index contributed by atoms with van der Waals surface area (Å²) in [6.07, 6.45) is 0. The molecule has 0 amide bonds. The molecule has 2 aromatic heterocycles. The minimum atomic E-state index is -2.07. The van der Waals surface area contributed by atoms with Gasteiger partial charge in [0.25, 0.3) is 0 Å². The van der Waals surface area contributed by atoms with Crippen LogP contribution in [0.4, 0.5) is 0 Å².